The summed E-state index contributed by atoms with van der Waals surface area (Å²) >= 11 is 3.19. The standard InChI is InChI=1S/C15H14BrNO3/c16-14-6-4-13(20-14)5-7-15(19)17-9-11-2-1-3-12(8-11)10-18/h1-8,18H,9-10H2,(H,17,19). The van der Waals surface area contributed by atoms with E-state index < -0.39 is 0 Å². The molecule has 1 aromatic carbocycles. The third-order valence-corrected chi connectivity index (χ3v) is 3.06. The van der Waals surface area contributed by atoms with Crippen LogP contribution in [0.1, 0.15) is 16.9 Å². The van der Waals surface area contributed by atoms with Gasteiger partial charge in [-0.15, -0.1) is 0 Å². The Bertz CT molecular complexity index is 619. The van der Waals surface area contributed by atoms with Gasteiger partial charge in [0, 0.05) is 12.6 Å². The molecule has 1 heterocycles. The predicted octanol–water partition coefficient (Wildman–Crippen LogP) is 2.86. The topological polar surface area (TPSA) is 62.5 Å². The average molecular weight is 336 g/mol. The van der Waals surface area contributed by atoms with Gasteiger partial charge in [0.25, 0.3) is 0 Å². The SMILES string of the molecule is O=C(C=Cc1ccc(Br)o1)NCc1cccc(CO)c1. The molecule has 1 amide bonds. The second-order valence-electron chi connectivity index (χ2n) is 4.17. The number of carbonyl (C=O) groups excluding carboxylic acids is 1. The molecule has 0 radical (unpaired) electrons. The molecule has 1 aromatic heterocycles. The maximum absolute atomic E-state index is 11.7. The molecule has 0 aliphatic rings. The molecular weight excluding hydrogens is 322 g/mol. The van der Waals surface area contributed by atoms with E-state index in [1.54, 1.807) is 18.2 Å². The molecule has 0 aliphatic heterocycles. The minimum atomic E-state index is -0.202. The lowest BCUT2D eigenvalue weighted by Crippen LogP contribution is -2.20. The van der Waals surface area contributed by atoms with E-state index in [0.717, 1.165) is 11.1 Å². The van der Waals surface area contributed by atoms with Crippen molar-refractivity contribution in [2.45, 2.75) is 13.2 Å². The Hall–Kier alpha value is -1.85. The van der Waals surface area contributed by atoms with Crippen molar-refractivity contribution in [1.29, 1.82) is 0 Å². The number of rotatable bonds is 5. The molecule has 20 heavy (non-hydrogen) atoms. The normalized spacial score (nSPS) is 10.9. The molecule has 4 nitrogen and oxygen atoms in total. The molecule has 0 fully saturated rings. The van der Waals surface area contributed by atoms with Crippen LogP contribution >= 0.6 is 15.9 Å². The zero-order chi connectivity index (χ0) is 14.4. The van der Waals surface area contributed by atoms with Crippen LogP contribution in [0.5, 0.6) is 0 Å². The van der Waals surface area contributed by atoms with E-state index in [9.17, 15) is 4.79 Å². The van der Waals surface area contributed by atoms with Crippen molar-refractivity contribution in [2.75, 3.05) is 0 Å². The van der Waals surface area contributed by atoms with Crippen LogP contribution in [-0.2, 0) is 17.9 Å². The monoisotopic (exact) mass is 335 g/mol. The number of hydrogen-bond acceptors (Lipinski definition) is 3. The van der Waals surface area contributed by atoms with Gasteiger partial charge in [-0.25, -0.2) is 0 Å². The van der Waals surface area contributed by atoms with Gasteiger partial charge in [0.2, 0.25) is 5.91 Å². The van der Waals surface area contributed by atoms with Gasteiger partial charge in [0.1, 0.15) is 5.76 Å². The number of benzene rings is 1. The second kappa shape index (κ2) is 7.07. The zero-order valence-electron chi connectivity index (χ0n) is 10.7. The van der Waals surface area contributed by atoms with E-state index in [4.69, 9.17) is 9.52 Å². The third-order valence-electron chi connectivity index (χ3n) is 2.63. The maximum Gasteiger partial charge on any atom is 0.244 e. The second-order valence-corrected chi connectivity index (χ2v) is 4.95. The van der Waals surface area contributed by atoms with E-state index in [1.165, 1.54) is 6.08 Å². The van der Waals surface area contributed by atoms with Crippen LogP contribution in [-0.4, -0.2) is 11.0 Å². The van der Waals surface area contributed by atoms with Gasteiger partial charge in [-0.2, -0.15) is 0 Å². The van der Waals surface area contributed by atoms with Crippen molar-refractivity contribution in [3.63, 3.8) is 0 Å². The van der Waals surface area contributed by atoms with Gasteiger partial charge < -0.3 is 14.8 Å². The summed E-state index contributed by atoms with van der Waals surface area (Å²) in [6.45, 7) is 0.411. The minimum absolute atomic E-state index is 0.00490. The number of halogens is 1. The van der Waals surface area contributed by atoms with Crippen LogP contribution in [0, 0.1) is 0 Å². The Morgan fingerprint density at radius 1 is 1.30 bits per heavy atom. The zero-order valence-corrected chi connectivity index (χ0v) is 12.3. The molecule has 0 saturated carbocycles. The lowest BCUT2D eigenvalue weighted by Gasteiger charge is -2.04. The first-order valence-corrected chi connectivity index (χ1v) is 6.86. The summed E-state index contributed by atoms with van der Waals surface area (Å²) in [5, 5.41) is 11.8. The summed E-state index contributed by atoms with van der Waals surface area (Å²) in [4.78, 5) is 11.7. The van der Waals surface area contributed by atoms with Crippen LogP contribution < -0.4 is 5.32 Å². The number of aliphatic hydroxyl groups is 1. The van der Waals surface area contributed by atoms with Crippen molar-refractivity contribution in [3.05, 3.63) is 64.0 Å². The van der Waals surface area contributed by atoms with Crippen LogP contribution in [0.4, 0.5) is 0 Å². The van der Waals surface area contributed by atoms with Crippen LogP contribution in [0.2, 0.25) is 0 Å². The Labute approximate surface area is 125 Å². The Morgan fingerprint density at radius 3 is 2.80 bits per heavy atom. The number of hydrogen-bond donors (Lipinski definition) is 2. The van der Waals surface area contributed by atoms with Gasteiger partial charge in [-0.3, -0.25) is 4.79 Å². The highest BCUT2D eigenvalue weighted by atomic mass is 79.9. The number of aliphatic hydroxyl groups excluding tert-OH is 1. The summed E-state index contributed by atoms with van der Waals surface area (Å²) in [5.41, 5.74) is 1.77. The predicted molar refractivity (Wildman–Crippen MR) is 79.7 cm³/mol. The Kier molecular flexibility index (Phi) is 5.15. The van der Waals surface area contributed by atoms with E-state index in [1.807, 2.05) is 24.3 Å². The molecule has 5 heteroatoms. The smallest absolute Gasteiger partial charge is 0.244 e. The number of carbonyl (C=O) groups is 1. The number of amides is 1. The molecular formula is C15H14BrNO3. The van der Waals surface area contributed by atoms with Crippen LogP contribution in [0.25, 0.3) is 6.08 Å². The fourth-order valence-electron chi connectivity index (χ4n) is 1.66. The Morgan fingerprint density at radius 2 is 2.10 bits per heavy atom. The Balaban J connectivity index is 1.87. The van der Waals surface area contributed by atoms with Crippen LogP contribution in [0.15, 0.2) is 51.6 Å². The number of furan rings is 1. The van der Waals surface area contributed by atoms with Crippen molar-refractivity contribution in [2.24, 2.45) is 0 Å². The van der Waals surface area contributed by atoms with Gasteiger partial charge >= 0.3 is 0 Å². The average Bonchev–Trinajstić information content (AvgIpc) is 2.89. The summed E-state index contributed by atoms with van der Waals surface area (Å²) in [7, 11) is 0. The molecule has 2 rings (SSSR count). The fraction of sp³-hybridized carbons (Fsp3) is 0.133. The van der Waals surface area contributed by atoms with E-state index >= 15 is 0 Å². The first-order valence-electron chi connectivity index (χ1n) is 6.07. The lowest BCUT2D eigenvalue weighted by molar-refractivity contribution is -0.116. The minimum Gasteiger partial charge on any atom is -0.450 e. The quantitative estimate of drug-likeness (QED) is 0.826. The first kappa shape index (κ1) is 14.6. The third kappa shape index (κ3) is 4.36. The van der Waals surface area contributed by atoms with Gasteiger partial charge in [-0.1, -0.05) is 24.3 Å². The maximum atomic E-state index is 11.7. The van der Waals surface area contributed by atoms with Gasteiger partial charge in [-0.05, 0) is 45.3 Å². The van der Waals surface area contributed by atoms with E-state index in [-0.39, 0.29) is 12.5 Å². The molecule has 0 atom stereocenters. The summed E-state index contributed by atoms with van der Waals surface area (Å²) in [6, 6.07) is 11.0. The first-order chi connectivity index (χ1) is 9.67. The molecule has 0 saturated heterocycles. The molecule has 2 aromatic rings. The van der Waals surface area contributed by atoms with Crippen molar-refractivity contribution >= 4 is 27.9 Å². The van der Waals surface area contributed by atoms with E-state index in [0.29, 0.717) is 17.0 Å². The molecule has 104 valence electrons. The molecule has 2 N–H and O–H groups in total. The van der Waals surface area contributed by atoms with Gasteiger partial charge in [0.05, 0.1) is 6.61 Å². The molecule has 0 bridgehead atoms. The highest BCUT2D eigenvalue weighted by molar-refractivity contribution is 9.10. The van der Waals surface area contributed by atoms with Crippen molar-refractivity contribution < 1.29 is 14.3 Å². The number of nitrogens with one attached hydrogen (secondary N) is 1. The molecule has 0 unspecified atom stereocenters. The summed E-state index contributed by atoms with van der Waals surface area (Å²) < 4.78 is 5.87. The summed E-state index contributed by atoms with van der Waals surface area (Å²) in [5.74, 6) is 0.404. The largest absolute Gasteiger partial charge is 0.450 e. The highest BCUT2D eigenvalue weighted by Crippen LogP contribution is 2.14. The van der Waals surface area contributed by atoms with Crippen molar-refractivity contribution in [3.8, 4) is 0 Å². The molecule has 0 spiro atoms. The molecule has 0 aliphatic carbocycles. The summed E-state index contributed by atoms with van der Waals surface area (Å²) in [6.07, 6.45) is 3.02. The van der Waals surface area contributed by atoms with Crippen molar-refractivity contribution in [1.82, 2.24) is 5.32 Å². The van der Waals surface area contributed by atoms with Gasteiger partial charge in [0.15, 0.2) is 4.67 Å². The highest BCUT2D eigenvalue weighted by Gasteiger charge is 1.99. The van der Waals surface area contributed by atoms with E-state index in [2.05, 4.69) is 21.2 Å². The lowest BCUT2D eigenvalue weighted by atomic mass is 10.1. The fourth-order valence-corrected chi connectivity index (χ4v) is 1.98. The van der Waals surface area contributed by atoms with Crippen LogP contribution in [0.3, 0.4) is 0 Å².